The lowest BCUT2D eigenvalue weighted by Crippen LogP contribution is -2.43. The van der Waals surface area contributed by atoms with Gasteiger partial charge in [0, 0.05) is 19.0 Å². The summed E-state index contributed by atoms with van der Waals surface area (Å²) < 4.78 is 2.78. The second-order valence-corrected chi connectivity index (χ2v) is 8.10. The predicted octanol–water partition coefficient (Wildman–Crippen LogP) is 3.78. The van der Waals surface area contributed by atoms with Crippen LogP contribution in [0.2, 0.25) is 0 Å². The number of hydrogen-bond donors (Lipinski definition) is 1. The fourth-order valence-corrected chi connectivity index (χ4v) is 4.64. The minimum atomic E-state index is 0.0609. The Morgan fingerprint density at radius 1 is 1.29 bits per heavy atom. The third kappa shape index (κ3) is 3.72. The third-order valence-corrected chi connectivity index (χ3v) is 6.49. The van der Waals surface area contributed by atoms with Crippen LogP contribution in [-0.4, -0.2) is 15.9 Å². The predicted molar refractivity (Wildman–Crippen MR) is 99.4 cm³/mol. The SMILES string of the molecule is CC1CCCC(NC(=O)CCCn2sc3ccccc3c2=O)C1C. The molecule has 0 bridgehead atoms. The number of nitrogens with zero attached hydrogens (tertiary/aromatic N) is 1. The third-order valence-electron chi connectivity index (χ3n) is 5.37. The second kappa shape index (κ2) is 7.51. The van der Waals surface area contributed by atoms with Crippen LogP contribution in [-0.2, 0) is 11.3 Å². The van der Waals surface area contributed by atoms with E-state index in [2.05, 4.69) is 19.2 Å². The normalized spacial score (nSPS) is 24.2. The van der Waals surface area contributed by atoms with Gasteiger partial charge in [0.1, 0.15) is 0 Å². The van der Waals surface area contributed by atoms with Crippen molar-refractivity contribution in [2.24, 2.45) is 11.8 Å². The highest BCUT2D eigenvalue weighted by Gasteiger charge is 2.27. The summed E-state index contributed by atoms with van der Waals surface area (Å²) >= 11 is 1.48. The highest BCUT2D eigenvalue weighted by atomic mass is 32.1. The maximum atomic E-state index is 12.3. The molecule has 1 saturated carbocycles. The topological polar surface area (TPSA) is 51.1 Å². The van der Waals surface area contributed by atoms with Gasteiger partial charge in [0.15, 0.2) is 0 Å². The Balaban J connectivity index is 1.51. The van der Waals surface area contributed by atoms with E-state index in [1.165, 1.54) is 24.4 Å². The number of fused-ring (bicyclic) bond motifs is 1. The fourth-order valence-electron chi connectivity index (χ4n) is 3.61. The van der Waals surface area contributed by atoms with Crippen LogP contribution in [0.5, 0.6) is 0 Å². The van der Waals surface area contributed by atoms with E-state index in [0.29, 0.717) is 37.3 Å². The zero-order valence-electron chi connectivity index (χ0n) is 14.5. The van der Waals surface area contributed by atoms with Crippen LogP contribution in [0.3, 0.4) is 0 Å². The van der Waals surface area contributed by atoms with E-state index in [-0.39, 0.29) is 11.5 Å². The Morgan fingerprint density at radius 2 is 2.08 bits per heavy atom. The molecule has 24 heavy (non-hydrogen) atoms. The summed E-state index contributed by atoms with van der Waals surface area (Å²) in [6, 6.07) is 7.98. The number of aromatic nitrogens is 1. The van der Waals surface area contributed by atoms with Gasteiger partial charge in [0.25, 0.3) is 5.56 Å². The zero-order chi connectivity index (χ0) is 17.1. The minimum Gasteiger partial charge on any atom is -0.353 e. The molecule has 0 radical (unpaired) electrons. The van der Waals surface area contributed by atoms with E-state index < -0.39 is 0 Å². The quantitative estimate of drug-likeness (QED) is 0.895. The first-order valence-corrected chi connectivity index (χ1v) is 9.72. The van der Waals surface area contributed by atoms with E-state index in [9.17, 15) is 9.59 Å². The molecule has 0 spiro atoms. The Morgan fingerprint density at radius 3 is 2.88 bits per heavy atom. The molecule has 1 aromatic carbocycles. The summed E-state index contributed by atoms with van der Waals surface area (Å²) in [4.78, 5) is 24.5. The number of benzene rings is 1. The summed E-state index contributed by atoms with van der Waals surface area (Å²) in [5.41, 5.74) is 0.0609. The first-order chi connectivity index (χ1) is 11.6. The van der Waals surface area contributed by atoms with Crippen molar-refractivity contribution in [3.05, 3.63) is 34.6 Å². The van der Waals surface area contributed by atoms with Gasteiger partial charge in [-0.15, -0.1) is 0 Å². The number of rotatable bonds is 5. The lowest BCUT2D eigenvalue weighted by molar-refractivity contribution is -0.122. The Kier molecular flexibility index (Phi) is 5.39. The molecule has 1 aromatic heterocycles. The van der Waals surface area contributed by atoms with Crippen LogP contribution in [0.1, 0.15) is 46.0 Å². The fraction of sp³-hybridized carbons (Fsp3) is 0.579. The number of amides is 1. The zero-order valence-corrected chi connectivity index (χ0v) is 15.3. The molecule has 3 rings (SSSR count). The van der Waals surface area contributed by atoms with Crippen molar-refractivity contribution in [2.75, 3.05) is 0 Å². The van der Waals surface area contributed by atoms with Crippen molar-refractivity contribution in [1.82, 2.24) is 9.27 Å². The molecule has 4 nitrogen and oxygen atoms in total. The van der Waals surface area contributed by atoms with Gasteiger partial charge in [0.2, 0.25) is 5.91 Å². The lowest BCUT2D eigenvalue weighted by atomic mass is 9.78. The standard InChI is InChI=1S/C19H26N2O2S/c1-13-7-5-9-16(14(13)2)20-18(22)11-6-12-21-19(23)15-8-3-4-10-17(15)24-21/h3-4,8,10,13-14,16H,5-7,9,11-12H2,1-2H3,(H,20,22). The van der Waals surface area contributed by atoms with Crippen LogP contribution in [0.25, 0.3) is 10.1 Å². The first kappa shape index (κ1) is 17.2. The number of carbonyl (C=O) groups excluding carboxylic acids is 1. The van der Waals surface area contributed by atoms with E-state index in [4.69, 9.17) is 0 Å². The molecule has 1 amide bonds. The van der Waals surface area contributed by atoms with Gasteiger partial charge >= 0.3 is 0 Å². The van der Waals surface area contributed by atoms with Crippen molar-refractivity contribution in [3.8, 4) is 0 Å². The molecule has 1 aliphatic carbocycles. The number of aryl methyl sites for hydroxylation is 1. The van der Waals surface area contributed by atoms with Crippen LogP contribution in [0.4, 0.5) is 0 Å². The molecular weight excluding hydrogens is 320 g/mol. The van der Waals surface area contributed by atoms with E-state index in [1.807, 2.05) is 24.3 Å². The molecule has 130 valence electrons. The molecule has 3 unspecified atom stereocenters. The molecule has 0 saturated heterocycles. The molecule has 1 heterocycles. The van der Waals surface area contributed by atoms with E-state index >= 15 is 0 Å². The number of carbonyl (C=O) groups is 1. The van der Waals surface area contributed by atoms with Gasteiger partial charge < -0.3 is 5.32 Å². The van der Waals surface area contributed by atoms with Crippen LogP contribution in [0, 0.1) is 11.8 Å². The lowest BCUT2D eigenvalue weighted by Gasteiger charge is -2.34. The summed E-state index contributed by atoms with van der Waals surface area (Å²) in [6.07, 6.45) is 4.75. The molecule has 1 N–H and O–H groups in total. The molecule has 1 aliphatic rings. The van der Waals surface area contributed by atoms with Crippen LogP contribution >= 0.6 is 11.5 Å². The van der Waals surface area contributed by atoms with Crippen molar-refractivity contribution in [1.29, 1.82) is 0 Å². The van der Waals surface area contributed by atoms with Crippen molar-refractivity contribution in [2.45, 2.75) is 58.5 Å². The Hall–Kier alpha value is -1.62. The number of hydrogen-bond acceptors (Lipinski definition) is 3. The summed E-state index contributed by atoms with van der Waals surface area (Å²) in [7, 11) is 0. The average molecular weight is 346 g/mol. The van der Waals surface area contributed by atoms with E-state index in [0.717, 1.165) is 16.5 Å². The maximum Gasteiger partial charge on any atom is 0.268 e. The van der Waals surface area contributed by atoms with Crippen molar-refractivity contribution >= 4 is 27.5 Å². The number of nitrogens with one attached hydrogen (secondary N) is 1. The van der Waals surface area contributed by atoms with Crippen LogP contribution < -0.4 is 10.9 Å². The summed E-state index contributed by atoms with van der Waals surface area (Å²) in [5.74, 6) is 1.35. The second-order valence-electron chi connectivity index (χ2n) is 7.04. The average Bonchev–Trinajstić information content (AvgIpc) is 2.89. The van der Waals surface area contributed by atoms with Gasteiger partial charge in [-0.3, -0.25) is 13.5 Å². The van der Waals surface area contributed by atoms with Gasteiger partial charge in [-0.1, -0.05) is 50.4 Å². The first-order valence-electron chi connectivity index (χ1n) is 8.94. The molecule has 3 atom stereocenters. The minimum absolute atomic E-state index is 0.0609. The maximum absolute atomic E-state index is 12.3. The summed E-state index contributed by atoms with van der Waals surface area (Å²) in [6.45, 7) is 5.13. The Bertz CT molecular complexity index is 764. The van der Waals surface area contributed by atoms with Gasteiger partial charge in [0.05, 0.1) is 10.1 Å². The van der Waals surface area contributed by atoms with Crippen molar-refractivity contribution < 1.29 is 4.79 Å². The molecule has 0 aliphatic heterocycles. The molecule has 1 fully saturated rings. The highest BCUT2D eigenvalue weighted by molar-refractivity contribution is 7.13. The molecule has 2 aromatic rings. The van der Waals surface area contributed by atoms with Crippen molar-refractivity contribution in [3.63, 3.8) is 0 Å². The Labute approximate surface area is 147 Å². The highest BCUT2D eigenvalue weighted by Crippen LogP contribution is 2.29. The summed E-state index contributed by atoms with van der Waals surface area (Å²) in [5, 5.41) is 3.98. The molecule has 5 heteroatoms. The molecular formula is C19H26N2O2S. The van der Waals surface area contributed by atoms with Crippen LogP contribution in [0.15, 0.2) is 29.1 Å². The van der Waals surface area contributed by atoms with E-state index in [1.54, 1.807) is 3.96 Å². The van der Waals surface area contributed by atoms with Gasteiger partial charge in [-0.25, -0.2) is 0 Å². The smallest absolute Gasteiger partial charge is 0.268 e. The largest absolute Gasteiger partial charge is 0.353 e. The van der Waals surface area contributed by atoms with Gasteiger partial charge in [-0.05, 0) is 36.8 Å². The van der Waals surface area contributed by atoms with Gasteiger partial charge in [-0.2, -0.15) is 0 Å². The monoisotopic (exact) mass is 346 g/mol.